The minimum atomic E-state index is 0.389. The summed E-state index contributed by atoms with van der Waals surface area (Å²) < 4.78 is 0. The van der Waals surface area contributed by atoms with Crippen LogP contribution in [-0.4, -0.2) is 5.78 Å². The zero-order valence-electron chi connectivity index (χ0n) is 12.8. The Labute approximate surface area is 123 Å². The lowest BCUT2D eigenvalue weighted by Crippen LogP contribution is -2.21. The fourth-order valence-electron chi connectivity index (χ4n) is 3.47. The van der Waals surface area contributed by atoms with Crippen LogP contribution >= 0.6 is 0 Å². The normalized spacial score (nSPS) is 22.6. The number of benzene rings is 1. The molecule has 1 saturated carbocycles. The third kappa shape index (κ3) is 4.77. The Morgan fingerprint density at radius 1 is 1.05 bits per heavy atom. The van der Waals surface area contributed by atoms with Crippen LogP contribution < -0.4 is 0 Å². The molecule has 0 bridgehead atoms. The fourth-order valence-corrected chi connectivity index (χ4v) is 3.47. The largest absolute Gasteiger partial charge is 0.299 e. The lowest BCUT2D eigenvalue weighted by molar-refractivity contribution is -0.123. The van der Waals surface area contributed by atoms with E-state index in [0.717, 1.165) is 25.2 Å². The van der Waals surface area contributed by atoms with Crippen LogP contribution in [0.5, 0.6) is 0 Å². The predicted molar refractivity (Wildman–Crippen MR) is 84.7 cm³/mol. The lowest BCUT2D eigenvalue weighted by atomic mass is 9.77. The standard InChI is InChI=1S/C19H28O/c1-2-19(20)18-14-12-17(13-15-18)11-7-6-10-16-8-4-3-5-9-16/h3-5,8-9,17-18H,2,6-7,10-15H2,1H3. The molecule has 0 N–H and O–H groups in total. The summed E-state index contributed by atoms with van der Waals surface area (Å²) in [5, 5.41) is 0. The highest BCUT2D eigenvalue weighted by Gasteiger charge is 2.24. The highest BCUT2D eigenvalue weighted by molar-refractivity contribution is 5.80. The molecule has 110 valence electrons. The molecular formula is C19H28O. The molecule has 1 fully saturated rings. The van der Waals surface area contributed by atoms with Crippen LogP contribution in [-0.2, 0) is 11.2 Å². The van der Waals surface area contributed by atoms with Crippen molar-refractivity contribution in [2.75, 3.05) is 0 Å². The van der Waals surface area contributed by atoms with E-state index >= 15 is 0 Å². The van der Waals surface area contributed by atoms with E-state index in [1.165, 1.54) is 44.1 Å². The summed E-state index contributed by atoms with van der Waals surface area (Å²) in [5.74, 6) is 1.76. The number of hydrogen-bond donors (Lipinski definition) is 0. The van der Waals surface area contributed by atoms with Crippen molar-refractivity contribution >= 4 is 5.78 Å². The molecule has 0 unspecified atom stereocenters. The average molecular weight is 272 g/mol. The topological polar surface area (TPSA) is 17.1 Å². The Balaban J connectivity index is 1.58. The van der Waals surface area contributed by atoms with E-state index in [-0.39, 0.29) is 0 Å². The lowest BCUT2D eigenvalue weighted by Gasteiger charge is -2.27. The second-order valence-electron chi connectivity index (χ2n) is 6.27. The van der Waals surface area contributed by atoms with Crippen molar-refractivity contribution in [3.63, 3.8) is 0 Å². The molecule has 1 aliphatic carbocycles. The Kier molecular flexibility index (Phi) is 6.29. The number of Topliss-reactive ketones (excluding diaryl/α,β-unsaturated/α-hetero) is 1. The molecular weight excluding hydrogens is 244 g/mol. The number of carbonyl (C=O) groups excluding carboxylic acids is 1. The van der Waals surface area contributed by atoms with Crippen molar-refractivity contribution in [1.82, 2.24) is 0 Å². The van der Waals surface area contributed by atoms with Gasteiger partial charge in [0, 0.05) is 12.3 Å². The van der Waals surface area contributed by atoms with Crippen LogP contribution in [0.3, 0.4) is 0 Å². The summed E-state index contributed by atoms with van der Waals surface area (Å²) in [6.45, 7) is 2.00. The maximum absolute atomic E-state index is 11.7. The van der Waals surface area contributed by atoms with Crippen molar-refractivity contribution in [3.05, 3.63) is 35.9 Å². The van der Waals surface area contributed by atoms with Crippen LogP contribution in [0.15, 0.2) is 30.3 Å². The summed E-state index contributed by atoms with van der Waals surface area (Å²) in [5.41, 5.74) is 1.46. The van der Waals surface area contributed by atoms with Gasteiger partial charge in [0.25, 0.3) is 0 Å². The molecule has 0 aliphatic heterocycles. The zero-order valence-corrected chi connectivity index (χ0v) is 12.8. The third-order valence-corrected chi connectivity index (χ3v) is 4.82. The number of aryl methyl sites for hydroxylation is 1. The molecule has 0 amide bonds. The van der Waals surface area contributed by atoms with E-state index in [4.69, 9.17) is 0 Å². The molecule has 2 rings (SSSR count). The smallest absolute Gasteiger partial charge is 0.135 e. The number of unbranched alkanes of at least 4 members (excludes halogenated alkanes) is 1. The molecule has 1 aromatic rings. The van der Waals surface area contributed by atoms with Crippen LogP contribution in [0.4, 0.5) is 0 Å². The van der Waals surface area contributed by atoms with Gasteiger partial charge >= 0.3 is 0 Å². The second-order valence-corrected chi connectivity index (χ2v) is 6.27. The van der Waals surface area contributed by atoms with Gasteiger partial charge in [0.15, 0.2) is 0 Å². The van der Waals surface area contributed by atoms with Gasteiger partial charge in [-0.05, 0) is 50.0 Å². The first-order valence-corrected chi connectivity index (χ1v) is 8.36. The van der Waals surface area contributed by atoms with Crippen LogP contribution in [0, 0.1) is 11.8 Å². The first-order valence-electron chi connectivity index (χ1n) is 8.36. The minimum Gasteiger partial charge on any atom is -0.299 e. The molecule has 0 radical (unpaired) electrons. The number of ketones is 1. The number of carbonyl (C=O) groups is 1. The van der Waals surface area contributed by atoms with Crippen molar-refractivity contribution in [3.8, 4) is 0 Å². The van der Waals surface area contributed by atoms with E-state index in [0.29, 0.717) is 11.7 Å². The molecule has 0 heterocycles. The summed E-state index contributed by atoms with van der Waals surface area (Å²) in [6, 6.07) is 10.8. The van der Waals surface area contributed by atoms with Gasteiger partial charge in [-0.25, -0.2) is 0 Å². The SMILES string of the molecule is CCC(=O)C1CCC(CCCCc2ccccc2)CC1. The molecule has 0 atom stereocenters. The highest BCUT2D eigenvalue weighted by atomic mass is 16.1. The van der Waals surface area contributed by atoms with Gasteiger partial charge in [-0.15, -0.1) is 0 Å². The molecule has 20 heavy (non-hydrogen) atoms. The summed E-state index contributed by atoms with van der Waals surface area (Å²) >= 11 is 0. The summed E-state index contributed by atoms with van der Waals surface area (Å²) in [4.78, 5) is 11.7. The van der Waals surface area contributed by atoms with Crippen molar-refractivity contribution in [1.29, 1.82) is 0 Å². The van der Waals surface area contributed by atoms with E-state index in [1.807, 2.05) is 6.92 Å². The highest BCUT2D eigenvalue weighted by Crippen LogP contribution is 2.32. The Morgan fingerprint density at radius 3 is 2.40 bits per heavy atom. The summed E-state index contributed by atoms with van der Waals surface area (Å²) in [6.07, 6.45) is 10.8. The van der Waals surface area contributed by atoms with E-state index < -0.39 is 0 Å². The molecule has 1 aliphatic rings. The molecule has 0 saturated heterocycles. The zero-order chi connectivity index (χ0) is 14.2. The summed E-state index contributed by atoms with van der Waals surface area (Å²) in [7, 11) is 0. The predicted octanol–water partition coefficient (Wildman–Crippen LogP) is 5.18. The van der Waals surface area contributed by atoms with Gasteiger partial charge in [0.2, 0.25) is 0 Å². The Morgan fingerprint density at radius 2 is 1.75 bits per heavy atom. The van der Waals surface area contributed by atoms with Gasteiger partial charge in [-0.1, -0.05) is 50.1 Å². The van der Waals surface area contributed by atoms with Crippen LogP contribution in [0.25, 0.3) is 0 Å². The number of hydrogen-bond acceptors (Lipinski definition) is 1. The Bertz CT molecular complexity index is 387. The molecule has 1 heteroatoms. The maximum atomic E-state index is 11.7. The first kappa shape index (κ1) is 15.3. The van der Waals surface area contributed by atoms with Gasteiger partial charge in [-0.2, -0.15) is 0 Å². The first-order chi connectivity index (χ1) is 9.79. The van der Waals surface area contributed by atoms with Gasteiger partial charge in [0.1, 0.15) is 5.78 Å². The molecule has 1 nitrogen and oxygen atoms in total. The van der Waals surface area contributed by atoms with Gasteiger partial charge < -0.3 is 0 Å². The second kappa shape index (κ2) is 8.24. The van der Waals surface area contributed by atoms with E-state index in [1.54, 1.807) is 0 Å². The molecule has 0 aromatic heterocycles. The quantitative estimate of drug-likeness (QED) is 0.625. The van der Waals surface area contributed by atoms with Gasteiger partial charge in [0.05, 0.1) is 0 Å². The third-order valence-electron chi connectivity index (χ3n) is 4.82. The average Bonchev–Trinajstić information content (AvgIpc) is 2.52. The number of rotatable bonds is 7. The molecule has 0 spiro atoms. The fraction of sp³-hybridized carbons (Fsp3) is 0.632. The van der Waals surface area contributed by atoms with Crippen molar-refractivity contribution in [2.24, 2.45) is 11.8 Å². The van der Waals surface area contributed by atoms with E-state index in [9.17, 15) is 4.79 Å². The van der Waals surface area contributed by atoms with Crippen LogP contribution in [0.1, 0.15) is 63.9 Å². The maximum Gasteiger partial charge on any atom is 0.135 e. The van der Waals surface area contributed by atoms with Gasteiger partial charge in [-0.3, -0.25) is 4.79 Å². The minimum absolute atomic E-state index is 0.389. The van der Waals surface area contributed by atoms with Crippen molar-refractivity contribution in [2.45, 2.75) is 64.7 Å². The Hall–Kier alpha value is -1.11. The van der Waals surface area contributed by atoms with Crippen molar-refractivity contribution < 1.29 is 4.79 Å². The van der Waals surface area contributed by atoms with E-state index in [2.05, 4.69) is 30.3 Å². The van der Waals surface area contributed by atoms with Crippen LogP contribution in [0.2, 0.25) is 0 Å². The monoisotopic (exact) mass is 272 g/mol. The molecule has 1 aromatic carbocycles.